The minimum Gasteiger partial charge on any atom is -0.479 e. The number of ether oxygens (including phenoxy) is 1. The smallest absolute Gasteiger partial charge is 0.238 e. The number of hydrogen-bond acceptors (Lipinski definition) is 5. The van der Waals surface area contributed by atoms with Crippen molar-refractivity contribution in [1.82, 2.24) is 14.5 Å². The topological polar surface area (TPSA) is 74.1 Å². The lowest BCUT2D eigenvalue weighted by Crippen LogP contribution is -2.01. The Morgan fingerprint density at radius 2 is 2.04 bits per heavy atom. The average Bonchev–Trinajstić information content (AvgIpc) is 2.85. The van der Waals surface area contributed by atoms with Gasteiger partial charge in [0.25, 0.3) is 0 Å². The Hall–Kier alpha value is -2.12. The van der Waals surface area contributed by atoms with E-state index < -0.39 is 9.84 Å². The van der Waals surface area contributed by atoms with Crippen LogP contribution in [-0.2, 0) is 22.6 Å². The summed E-state index contributed by atoms with van der Waals surface area (Å²) in [6, 6.07) is 3.63. The predicted molar refractivity (Wildman–Crippen MR) is 94.1 cm³/mol. The molecule has 3 rings (SSSR count). The first-order valence-electron chi connectivity index (χ1n) is 7.10. The Balaban J connectivity index is 2.23. The summed E-state index contributed by atoms with van der Waals surface area (Å²) in [7, 11) is 0.297. The molecule has 0 amide bonds. The molecule has 126 valence electrons. The van der Waals surface area contributed by atoms with Gasteiger partial charge in [0.2, 0.25) is 5.88 Å². The molecule has 0 fully saturated rings. The van der Waals surface area contributed by atoms with E-state index in [4.69, 9.17) is 16.3 Å². The molecule has 0 unspecified atom stereocenters. The van der Waals surface area contributed by atoms with Crippen LogP contribution in [0, 0.1) is 0 Å². The molecule has 0 spiro atoms. The standard InChI is InChI=1S/C16H16ClN3O3S/c1-20-8-13(11-4-5-18-16(23-2)14(11)20)12-6-10(7-19-15(12)17)9-24(3,21)22/h4-8H,9H2,1-3H3. The van der Waals surface area contributed by atoms with Gasteiger partial charge < -0.3 is 9.30 Å². The number of pyridine rings is 2. The summed E-state index contributed by atoms with van der Waals surface area (Å²) in [5.41, 5.74) is 2.95. The molecule has 3 aromatic rings. The molecule has 3 heterocycles. The lowest BCUT2D eigenvalue weighted by Gasteiger charge is -2.06. The van der Waals surface area contributed by atoms with E-state index >= 15 is 0 Å². The molecule has 0 radical (unpaired) electrons. The van der Waals surface area contributed by atoms with Gasteiger partial charge in [-0.05, 0) is 17.7 Å². The highest BCUT2D eigenvalue weighted by atomic mass is 35.5. The highest BCUT2D eigenvalue weighted by molar-refractivity contribution is 7.89. The SMILES string of the molecule is COc1nccc2c(-c3cc(CS(C)(=O)=O)cnc3Cl)cn(C)c12. The number of halogens is 1. The molecule has 8 heteroatoms. The van der Waals surface area contributed by atoms with E-state index in [9.17, 15) is 8.42 Å². The second-order valence-corrected chi connectivity index (χ2v) is 8.12. The minimum atomic E-state index is -3.16. The highest BCUT2D eigenvalue weighted by Gasteiger charge is 2.17. The number of nitrogens with zero attached hydrogens (tertiary/aromatic N) is 3. The van der Waals surface area contributed by atoms with Crippen LogP contribution in [0.4, 0.5) is 0 Å². The van der Waals surface area contributed by atoms with Crippen molar-refractivity contribution in [3.05, 3.63) is 41.4 Å². The van der Waals surface area contributed by atoms with Gasteiger partial charge in [-0.1, -0.05) is 11.6 Å². The van der Waals surface area contributed by atoms with E-state index in [2.05, 4.69) is 9.97 Å². The van der Waals surface area contributed by atoms with Crippen molar-refractivity contribution in [3.63, 3.8) is 0 Å². The van der Waals surface area contributed by atoms with Gasteiger partial charge in [0.05, 0.1) is 12.9 Å². The number of aryl methyl sites for hydroxylation is 1. The van der Waals surface area contributed by atoms with Gasteiger partial charge in [-0.2, -0.15) is 0 Å². The van der Waals surface area contributed by atoms with Crippen LogP contribution in [0.1, 0.15) is 5.56 Å². The lowest BCUT2D eigenvalue weighted by molar-refractivity contribution is 0.401. The molecule has 0 bridgehead atoms. The van der Waals surface area contributed by atoms with Gasteiger partial charge in [0, 0.05) is 48.4 Å². The zero-order valence-corrected chi connectivity index (χ0v) is 15.0. The van der Waals surface area contributed by atoms with E-state index in [0.29, 0.717) is 22.2 Å². The Labute approximate surface area is 145 Å². The third kappa shape index (κ3) is 3.09. The number of methoxy groups -OCH3 is 1. The van der Waals surface area contributed by atoms with Gasteiger partial charge in [0.15, 0.2) is 9.84 Å². The van der Waals surface area contributed by atoms with Crippen LogP contribution in [0.25, 0.3) is 22.0 Å². The van der Waals surface area contributed by atoms with Crippen molar-refractivity contribution in [2.45, 2.75) is 5.75 Å². The number of hydrogen-bond donors (Lipinski definition) is 0. The zero-order chi connectivity index (χ0) is 17.5. The van der Waals surface area contributed by atoms with Crippen LogP contribution in [0.5, 0.6) is 5.88 Å². The van der Waals surface area contributed by atoms with Crippen molar-refractivity contribution < 1.29 is 13.2 Å². The van der Waals surface area contributed by atoms with E-state index in [1.165, 1.54) is 12.5 Å². The van der Waals surface area contributed by atoms with Crippen LogP contribution >= 0.6 is 11.6 Å². The summed E-state index contributed by atoms with van der Waals surface area (Å²) in [6.07, 6.45) is 6.24. The summed E-state index contributed by atoms with van der Waals surface area (Å²) in [6.45, 7) is 0. The summed E-state index contributed by atoms with van der Waals surface area (Å²) >= 11 is 6.27. The van der Waals surface area contributed by atoms with E-state index in [1.54, 1.807) is 19.4 Å². The average molecular weight is 366 g/mol. The molecule has 0 N–H and O–H groups in total. The Kier molecular flexibility index (Phi) is 4.23. The Bertz CT molecular complexity index is 1030. The van der Waals surface area contributed by atoms with Crippen LogP contribution < -0.4 is 4.74 Å². The Morgan fingerprint density at radius 3 is 2.71 bits per heavy atom. The molecule has 0 saturated heterocycles. The van der Waals surface area contributed by atoms with Crippen molar-refractivity contribution in [2.24, 2.45) is 7.05 Å². The van der Waals surface area contributed by atoms with Gasteiger partial charge in [0.1, 0.15) is 10.7 Å². The highest BCUT2D eigenvalue weighted by Crippen LogP contribution is 2.36. The van der Waals surface area contributed by atoms with Crippen molar-refractivity contribution >= 4 is 32.3 Å². The number of sulfone groups is 1. The van der Waals surface area contributed by atoms with Crippen LogP contribution in [-0.4, -0.2) is 36.3 Å². The van der Waals surface area contributed by atoms with Crippen molar-refractivity contribution in [3.8, 4) is 17.0 Å². The van der Waals surface area contributed by atoms with E-state index in [-0.39, 0.29) is 5.75 Å². The fourth-order valence-corrected chi connectivity index (χ4v) is 3.72. The van der Waals surface area contributed by atoms with Gasteiger partial charge in [-0.15, -0.1) is 0 Å². The van der Waals surface area contributed by atoms with E-state index in [1.807, 2.05) is 23.9 Å². The summed E-state index contributed by atoms with van der Waals surface area (Å²) in [4.78, 5) is 8.35. The molecule has 6 nitrogen and oxygen atoms in total. The minimum absolute atomic E-state index is 0.0835. The maximum atomic E-state index is 11.5. The maximum Gasteiger partial charge on any atom is 0.238 e. The third-order valence-corrected chi connectivity index (χ3v) is 4.82. The molecule has 0 aromatic carbocycles. The first-order chi connectivity index (χ1) is 11.3. The molecule has 3 aromatic heterocycles. The number of fused-ring (bicyclic) bond motifs is 1. The molecular formula is C16H16ClN3O3S. The molecule has 0 atom stereocenters. The Morgan fingerprint density at radius 1 is 1.29 bits per heavy atom. The normalized spacial score (nSPS) is 11.8. The molecule has 0 aliphatic rings. The quantitative estimate of drug-likeness (QED) is 0.664. The second kappa shape index (κ2) is 6.07. The largest absolute Gasteiger partial charge is 0.479 e. The summed E-state index contributed by atoms with van der Waals surface area (Å²) in [5, 5.41) is 1.22. The molecule has 0 aliphatic carbocycles. The third-order valence-electron chi connectivity index (χ3n) is 3.66. The molecular weight excluding hydrogens is 350 g/mol. The maximum absolute atomic E-state index is 11.5. The van der Waals surface area contributed by atoms with Gasteiger partial charge >= 0.3 is 0 Å². The van der Waals surface area contributed by atoms with Crippen molar-refractivity contribution in [2.75, 3.05) is 13.4 Å². The fourth-order valence-electron chi connectivity index (χ4n) is 2.75. The fraction of sp³-hybridized carbons (Fsp3) is 0.250. The molecule has 0 saturated carbocycles. The zero-order valence-electron chi connectivity index (χ0n) is 13.4. The molecule has 0 aliphatic heterocycles. The lowest BCUT2D eigenvalue weighted by atomic mass is 10.1. The predicted octanol–water partition coefficient (Wildman–Crippen LogP) is 2.84. The first-order valence-corrected chi connectivity index (χ1v) is 9.54. The van der Waals surface area contributed by atoms with Crippen LogP contribution in [0.3, 0.4) is 0 Å². The van der Waals surface area contributed by atoms with Crippen molar-refractivity contribution in [1.29, 1.82) is 0 Å². The second-order valence-electron chi connectivity index (χ2n) is 5.62. The number of aromatic nitrogens is 3. The summed E-state index contributed by atoms with van der Waals surface area (Å²) in [5.74, 6) is 0.428. The van der Waals surface area contributed by atoms with E-state index in [0.717, 1.165) is 16.5 Å². The van der Waals surface area contributed by atoms with Crippen LogP contribution in [0.15, 0.2) is 30.7 Å². The monoisotopic (exact) mass is 365 g/mol. The first kappa shape index (κ1) is 16.7. The molecule has 24 heavy (non-hydrogen) atoms. The van der Waals surface area contributed by atoms with Gasteiger partial charge in [-0.3, -0.25) is 0 Å². The van der Waals surface area contributed by atoms with Crippen LogP contribution in [0.2, 0.25) is 5.15 Å². The summed E-state index contributed by atoms with van der Waals surface area (Å²) < 4.78 is 30.3. The number of rotatable bonds is 4. The van der Waals surface area contributed by atoms with Gasteiger partial charge in [-0.25, -0.2) is 18.4 Å².